The molecule has 1 aromatic carbocycles. The number of phenolic OH excluding ortho intramolecular Hbond substituents is 1. The number of amides is 3. The molecule has 0 saturated carbocycles. The number of likely N-dealkylation sites (tertiary alicyclic amines) is 1. The van der Waals surface area contributed by atoms with Gasteiger partial charge in [-0.15, -0.1) is 0 Å². The molecule has 0 spiro atoms. The predicted molar refractivity (Wildman–Crippen MR) is 138 cm³/mol. The molecule has 1 fully saturated rings. The summed E-state index contributed by atoms with van der Waals surface area (Å²) >= 11 is 0. The van der Waals surface area contributed by atoms with Crippen LogP contribution in [0.3, 0.4) is 0 Å². The van der Waals surface area contributed by atoms with E-state index in [2.05, 4.69) is 10.6 Å². The van der Waals surface area contributed by atoms with Crippen molar-refractivity contribution >= 4 is 23.7 Å². The zero-order chi connectivity index (χ0) is 27.5. The predicted octanol–water partition coefficient (Wildman–Crippen LogP) is 0.482. The molecule has 11 nitrogen and oxygen atoms in total. The molecule has 0 radical (unpaired) electrons. The molecule has 4 unspecified atom stereocenters. The van der Waals surface area contributed by atoms with Gasteiger partial charge in [0.2, 0.25) is 17.7 Å². The zero-order valence-corrected chi connectivity index (χ0v) is 21.7. The summed E-state index contributed by atoms with van der Waals surface area (Å²) in [5.74, 6) is -2.34. The summed E-state index contributed by atoms with van der Waals surface area (Å²) in [7, 11) is 0. The topological polar surface area (TPSA) is 188 Å². The van der Waals surface area contributed by atoms with Gasteiger partial charge in [0.1, 0.15) is 23.9 Å². The molecule has 206 valence electrons. The first kappa shape index (κ1) is 30.0. The number of nitrogens with two attached hydrogens (primary N) is 2. The van der Waals surface area contributed by atoms with Crippen LogP contribution in [0, 0.1) is 5.92 Å². The van der Waals surface area contributed by atoms with Gasteiger partial charge in [0.05, 0.1) is 6.04 Å². The third-order valence-electron chi connectivity index (χ3n) is 6.45. The number of carboxylic acids is 1. The first-order chi connectivity index (χ1) is 17.5. The maximum Gasteiger partial charge on any atom is 0.326 e. The highest BCUT2D eigenvalue weighted by Crippen LogP contribution is 2.21. The van der Waals surface area contributed by atoms with Crippen molar-refractivity contribution in [3.63, 3.8) is 0 Å². The third kappa shape index (κ3) is 9.32. The number of rotatable bonds is 14. The Kier molecular flexibility index (Phi) is 11.8. The van der Waals surface area contributed by atoms with E-state index in [4.69, 9.17) is 11.5 Å². The number of nitrogens with zero attached hydrogens (tertiary/aromatic N) is 1. The SMILES string of the molecule is CC(C)CC(NC(=O)C1CCCN1C(=O)C(CCCCN)NC(=O)C(N)Cc1ccc(O)cc1)C(=O)O. The standard InChI is InChI=1S/C26H41N5O6/c1-16(2)14-21(26(36)37)30-24(34)22-7-5-13-31(22)25(35)20(6-3-4-12-27)29-23(33)19(28)15-17-8-10-18(32)11-9-17/h8-11,16,19-22,32H,3-7,12-15,27-28H2,1-2H3,(H,29,33)(H,30,34)(H,36,37). The van der Waals surface area contributed by atoms with Gasteiger partial charge in [-0.05, 0) is 75.1 Å². The van der Waals surface area contributed by atoms with Gasteiger partial charge in [-0.1, -0.05) is 26.0 Å². The van der Waals surface area contributed by atoms with E-state index in [9.17, 15) is 29.4 Å². The number of benzene rings is 1. The van der Waals surface area contributed by atoms with Gasteiger partial charge in [-0.3, -0.25) is 14.4 Å². The molecule has 11 heteroatoms. The quantitative estimate of drug-likeness (QED) is 0.191. The second-order valence-corrected chi connectivity index (χ2v) is 10.0. The fourth-order valence-corrected chi connectivity index (χ4v) is 4.47. The fourth-order valence-electron chi connectivity index (χ4n) is 4.47. The molecule has 37 heavy (non-hydrogen) atoms. The van der Waals surface area contributed by atoms with Crippen LogP contribution in [-0.2, 0) is 25.6 Å². The van der Waals surface area contributed by atoms with E-state index in [1.54, 1.807) is 12.1 Å². The maximum atomic E-state index is 13.5. The van der Waals surface area contributed by atoms with Crippen molar-refractivity contribution in [2.45, 2.75) is 83.0 Å². The number of aliphatic carboxylic acids is 1. The largest absolute Gasteiger partial charge is 0.508 e. The van der Waals surface area contributed by atoms with E-state index in [-0.39, 0.29) is 24.5 Å². The Bertz CT molecular complexity index is 923. The summed E-state index contributed by atoms with van der Waals surface area (Å²) in [5, 5.41) is 24.3. The van der Waals surface area contributed by atoms with Crippen molar-refractivity contribution in [3.05, 3.63) is 29.8 Å². The number of nitrogens with one attached hydrogen (secondary N) is 2. The average Bonchev–Trinajstić information content (AvgIpc) is 3.33. The molecule has 2 rings (SSSR count). The lowest BCUT2D eigenvalue weighted by Gasteiger charge is -2.30. The van der Waals surface area contributed by atoms with Gasteiger partial charge in [0, 0.05) is 6.54 Å². The molecule has 0 bridgehead atoms. The zero-order valence-electron chi connectivity index (χ0n) is 21.7. The lowest BCUT2D eigenvalue weighted by Crippen LogP contribution is -2.57. The molecule has 1 aliphatic heterocycles. The van der Waals surface area contributed by atoms with Gasteiger partial charge >= 0.3 is 5.97 Å². The second kappa shape index (κ2) is 14.5. The normalized spacial score (nSPS) is 17.8. The van der Waals surface area contributed by atoms with Crippen LogP contribution in [0.25, 0.3) is 0 Å². The van der Waals surface area contributed by atoms with Gasteiger partial charge in [-0.2, -0.15) is 0 Å². The summed E-state index contributed by atoms with van der Waals surface area (Å²) in [6.07, 6.45) is 3.10. The summed E-state index contributed by atoms with van der Waals surface area (Å²) < 4.78 is 0. The minimum Gasteiger partial charge on any atom is -0.508 e. The van der Waals surface area contributed by atoms with Crippen LogP contribution < -0.4 is 22.1 Å². The van der Waals surface area contributed by atoms with E-state index in [0.29, 0.717) is 45.2 Å². The second-order valence-electron chi connectivity index (χ2n) is 10.0. The van der Waals surface area contributed by atoms with Crippen LogP contribution >= 0.6 is 0 Å². The molecule has 4 atom stereocenters. The van der Waals surface area contributed by atoms with Gasteiger partial charge < -0.3 is 37.2 Å². The van der Waals surface area contributed by atoms with E-state index >= 15 is 0 Å². The lowest BCUT2D eigenvalue weighted by atomic mass is 10.0. The Balaban J connectivity index is 2.10. The number of carboxylic acid groups (broad SMARTS) is 1. The summed E-state index contributed by atoms with van der Waals surface area (Å²) in [6, 6.07) is 2.71. The van der Waals surface area contributed by atoms with Crippen LogP contribution in [-0.4, -0.2) is 76.1 Å². The minimum absolute atomic E-state index is 0.0654. The monoisotopic (exact) mass is 519 g/mol. The van der Waals surface area contributed by atoms with Crippen molar-refractivity contribution in [2.75, 3.05) is 13.1 Å². The Morgan fingerprint density at radius 2 is 1.76 bits per heavy atom. The van der Waals surface area contributed by atoms with E-state index < -0.39 is 47.9 Å². The van der Waals surface area contributed by atoms with Gasteiger partial charge in [0.25, 0.3) is 0 Å². The highest BCUT2D eigenvalue weighted by atomic mass is 16.4. The van der Waals surface area contributed by atoms with Crippen molar-refractivity contribution in [2.24, 2.45) is 17.4 Å². The average molecular weight is 520 g/mol. The van der Waals surface area contributed by atoms with E-state index in [1.807, 2.05) is 13.8 Å². The first-order valence-electron chi connectivity index (χ1n) is 12.9. The van der Waals surface area contributed by atoms with E-state index in [0.717, 1.165) is 5.56 Å². The summed E-state index contributed by atoms with van der Waals surface area (Å²) in [5.41, 5.74) is 12.5. The number of carbonyl (C=O) groups is 4. The Labute approximate surface area is 217 Å². The molecule has 0 aromatic heterocycles. The van der Waals surface area contributed by atoms with Crippen molar-refractivity contribution in [1.29, 1.82) is 0 Å². The van der Waals surface area contributed by atoms with Crippen LogP contribution in [0.15, 0.2) is 24.3 Å². The number of unbranched alkanes of at least 4 members (excludes halogenated alkanes) is 1. The highest BCUT2D eigenvalue weighted by Gasteiger charge is 2.39. The molecule has 0 aliphatic carbocycles. The lowest BCUT2D eigenvalue weighted by molar-refractivity contribution is -0.145. The van der Waals surface area contributed by atoms with E-state index in [1.165, 1.54) is 17.0 Å². The summed E-state index contributed by atoms with van der Waals surface area (Å²) in [4.78, 5) is 52.4. The summed E-state index contributed by atoms with van der Waals surface area (Å²) in [6.45, 7) is 4.51. The molecule has 1 aromatic rings. The molecule has 8 N–H and O–H groups in total. The van der Waals surface area contributed by atoms with Crippen LogP contribution in [0.4, 0.5) is 0 Å². The maximum absolute atomic E-state index is 13.5. The highest BCUT2D eigenvalue weighted by molar-refractivity contribution is 5.94. The number of hydrogen-bond acceptors (Lipinski definition) is 7. The van der Waals surface area contributed by atoms with Crippen molar-refractivity contribution in [3.8, 4) is 5.75 Å². The molecular weight excluding hydrogens is 478 g/mol. The first-order valence-corrected chi connectivity index (χ1v) is 12.9. The van der Waals surface area contributed by atoms with Crippen LogP contribution in [0.5, 0.6) is 5.75 Å². The Morgan fingerprint density at radius 1 is 1.08 bits per heavy atom. The molecule has 3 amide bonds. The molecule has 1 heterocycles. The van der Waals surface area contributed by atoms with Gasteiger partial charge in [-0.25, -0.2) is 4.79 Å². The van der Waals surface area contributed by atoms with Crippen LogP contribution in [0.1, 0.15) is 57.9 Å². The molecule has 1 aliphatic rings. The van der Waals surface area contributed by atoms with Gasteiger partial charge in [0.15, 0.2) is 0 Å². The number of aromatic hydroxyl groups is 1. The van der Waals surface area contributed by atoms with Crippen LogP contribution in [0.2, 0.25) is 0 Å². The third-order valence-corrected chi connectivity index (χ3v) is 6.45. The van der Waals surface area contributed by atoms with Crippen molar-refractivity contribution in [1.82, 2.24) is 15.5 Å². The number of phenols is 1. The number of hydrogen-bond donors (Lipinski definition) is 6. The van der Waals surface area contributed by atoms with Crippen molar-refractivity contribution < 1.29 is 29.4 Å². The Hall–Kier alpha value is -3.18. The number of carbonyl (C=O) groups excluding carboxylic acids is 3. The molecule has 1 saturated heterocycles. The fraction of sp³-hybridized carbons (Fsp3) is 0.615. The Morgan fingerprint density at radius 3 is 2.35 bits per heavy atom. The minimum atomic E-state index is -1.12. The molecular formula is C26H41N5O6. The smallest absolute Gasteiger partial charge is 0.326 e.